The fourth-order valence-corrected chi connectivity index (χ4v) is 2.67. The van der Waals surface area contributed by atoms with Crippen LogP contribution in [0.2, 0.25) is 0 Å². The van der Waals surface area contributed by atoms with Crippen LogP contribution in [0.15, 0.2) is 30.3 Å². The maximum Gasteiger partial charge on any atom is 0.318 e. The number of nitrogens with zero attached hydrogens (tertiary/aromatic N) is 2. The molecule has 3 amide bonds. The van der Waals surface area contributed by atoms with Crippen molar-refractivity contribution in [2.75, 3.05) is 27.2 Å². The Morgan fingerprint density at radius 2 is 1.95 bits per heavy atom. The molecule has 1 saturated heterocycles. The summed E-state index contributed by atoms with van der Waals surface area (Å²) in [6, 6.07) is 9.59. The van der Waals surface area contributed by atoms with Crippen LogP contribution in [-0.4, -0.2) is 55.0 Å². The van der Waals surface area contributed by atoms with Gasteiger partial charge in [-0.05, 0) is 18.9 Å². The van der Waals surface area contributed by atoms with E-state index in [4.69, 9.17) is 0 Å². The van der Waals surface area contributed by atoms with Gasteiger partial charge in [0, 0.05) is 33.1 Å². The van der Waals surface area contributed by atoms with E-state index in [1.165, 1.54) is 10.5 Å². The first-order valence-electron chi connectivity index (χ1n) is 7.30. The summed E-state index contributed by atoms with van der Waals surface area (Å²) in [5, 5.41) is 2.77. The molecule has 0 radical (unpaired) electrons. The number of rotatable bonds is 3. The monoisotopic (exact) mass is 289 g/mol. The number of hydrogen-bond donors (Lipinski definition) is 1. The van der Waals surface area contributed by atoms with E-state index in [2.05, 4.69) is 17.4 Å². The summed E-state index contributed by atoms with van der Waals surface area (Å²) in [6.07, 6.45) is 0.966. The Labute approximate surface area is 125 Å². The van der Waals surface area contributed by atoms with Crippen LogP contribution < -0.4 is 5.32 Å². The zero-order valence-corrected chi connectivity index (χ0v) is 12.9. The number of urea groups is 1. The molecule has 2 atom stereocenters. The number of likely N-dealkylation sites (N-methyl/N-ethyl adjacent to an activating group) is 1. The van der Waals surface area contributed by atoms with E-state index in [1.54, 1.807) is 25.9 Å². The van der Waals surface area contributed by atoms with Crippen LogP contribution in [0.3, 0.4) is 0 Å². The molecule has 0 unspecified atom stereocenters. The van der Waals surface area contributed by atoms with E-state index in [-0.39, 0.29) is 11.9 Å². The smallest absolute Gasteiger partial charge is 0.318 e. The summed E-state index contributed by atoms with van der Waals surface area (Å²) in [7, 11) is 3.37. The maximum absolute atomic E-state index is 12.2. The van der Waals surface area contributed by atoms with Gasteiger partial charge < -0.3 is 15.1 Å². The summed E-state index contributed by atoms with van der Waals surface area (Å²) >= 11 is 0. The molecule has 21 heavy (non-hydrogen) atoms. The third-order valence-corrected chi connectivity index (χ3v) is 3.90. The van der Waals surface area contributed by atoms with Crippen molar-refractivity contribution in [2.24, 2.45) is 0 Å². The van der Waals surface area contributed by atoms with Crippen molar-refractivity contribution >= 4 is 11.9 Å². The Morgan fingerprint density at radius 1 is 1.29 bits per heavy atom. The first-order valence-corrected chi connectivity index (χ1v) is 7.30. The second-order valence-corrected chi connectivity index (χ2v) is 5.75. The van der Waals surface area contributed by atoms with Crippen LogP contribution in [0.25, 0.3) is 0 Å². The quantitative estimate of drug-likeness (QED) is 0.920. The fraction of sp³-hybridized carbons (Fsp3) is 0.500. The van der Waals surface area contributed by atoms with Crippen molar-refractivity contribution in [3.8, 4) is 0 Å². The van der Waals surface area contributed by atoms with Crippen molar-refractivity contribution in [1.29, 1.82) is 0 Å². The van der Waals surface area contributed by atoms with Crippen LogP contribution in [0.1, 0.15) is 24.8 Å². The van der Waals surface area contributed by atoms with Gasteiger partial charge in [-0.2, -0.15) is 0 Å². The molecule has 1 aliphatic heterocycles. The molecule has 1 aromatic rings. The molecule has 0 aromatic heterocycles. The minimum absolute atomic E-state index is 0.0952. The van der Waals surface area contributed by atoms with Gasteiger partial charge in [-0.1, -0.05) is 30.3 Å². The van der Waals surface area contributed by atoms with Gasteiger partial charge in [0.05, 0.1) is 0 Å². The molecule has 1 N–H and O–H groups in total. The Bertz CT molecular complexity index is 502. The van der Waals surface area contributed by atoms with Crippen molar-refractivity contribution in [2.45, 2.75) is 25.3 Å². The molecule has 0 spiro atoms. The Hall–Kier alpha value is -2.04. The third kappa shape index (κ3) is 3.74. The molecule has 0 bridgehead atoms. The topological polar surface area (TPSA) is 52.7 Å². The van der Waals surface area contributed by atoms with Crippen LogP contribution in [0.4, 0.5) is 4.79 Å². The Balaban J connectivity index is 1.89. The highest BCUT2D eigenvalue weighted by Gasteiger charge is 2.28. The van der Waals surface area contributed by atoms with Gasteiger partial charge in [0.25, 0.3) is 0 Å². The third-order valence-electron chi connectivity index (χ3n) is 3.90. The highest BCUT2D eigenvalue weighted by molar-refractivity contribution is 5.86. The zero-order chi connectivity index (χ0) is 15.4. The van der Waals surface area contributed by atoms with Crippen LogP contribution in [0, 0.1) is 0 Å². The molecule has 1 aromatic carbocycles. The second kappa shape index (κ2) is 6.61. The van der Waals surface area contributed by atoms with Gasteiger partial charge in [-0.3, -0.25) is 4.79 Å². The minimum Gasteiger partial charge on any atom is -0.347 e. The van der Waals surface area contributed by atoms with E-state index >= 15 is 0 Å². The van der Waals surface area contributed by atoms with Crippen molar-refractivity contribution in [3.63, 3.8) is 0 Å². The van der Waals surface area contributed by atoms with E-state index in [1.807, 2.05) is 18.2 Å². The molecule has 5 heteroatoms. The van der Waals surface area contributed by atoms with Gasteiger partial charge in [0.1, 0.15) is 6.04 Å². The Morgan fingerprint density at radius 3 is 2.57 bits per heavy atom. The van der Waals surface area contributed by atoms with Crippen molar-refractivity contribution in [3.05, 3.63) is 35.9 Å². The SMILES string of the molecule is C[C@@H](NC(=O)N1CC[C@@H](c2ccccc2)C1)C(=O)N(C)C. The molecule has 1 aliphatic rings. The zero-order valence-electron chi connectivity index (χ0n) is 12.9. The average Bonchev–Trinajstić information content (AvgIpc) is 2.97. The standard InChI is InChI=1S/C16H23N3O2/c1-12(15(20)18(2)3)17-16(21)19-10-9-14(11-19)13-7-5-4-6-8-13/h4-8,12,14H,9-11H2,1-3H3,(H,17,21)/t12-,14-/m1/s1. The lowest BCUT2D eigenvalue weighted by Gasteiger charge is -2.22. The minimum atomic E-state index is -0.497. The van der Waals surface area contributed by atoms with Gasteiger partial charge >= 0.3 is 6.03 Å². The number of hydrogen-bond acceptors (Lipinski definition) is 2. The van der Waals surface area contributed by atoms with E-state index in [0.717, 1.165) is 13.0 Å². The predicted molar refractivity (Wildman–Crippen MR) is 82.1 cm³/mol. The molecule has 0 saturated carbocycles. The molecule has 5 nitrogen and oxygen atoms in total. The number of carbonyl (C=O) groups is 2. The van der Waals surface area contributed by atoms with E-state index in [0.29, 0.717) is 12.5 Å². The lowest BCUT2D eigenvalue weighted by Crippen LogP contribution is -2.48. The average molecular weight is 289 g/mol. The number of nitrogens with one attached hydrogen (secondary N) is 1. The second-order valence-electron chi connectivity index (χ2n) is 5.75. The van der Waals surface area contributed by atoms with Crippen molar-refractivity contribution < 1.29 is 9.59 Å². The van der Waals surface area contributed by atoms with Gasteiger partial charge in [-0.15, -0.1) is 0 Å². The highest BCUT2D eigenvalue weighted by Crippen LogP contribution is 2.26. The van der Waals surface area contributed by atoms with Gasteiger partial charge in [0.15, 0.2) is 0 Å². The van der Waals surface area contributed by atoms with Crippen molar-refractivity contribution in [1.82, 2.24) is 15.1 Å². The molecular formula is C16H23N3O2. The number of amides is 3. The molecule has 1 heterocycles. The number of likely N-dealkylation sites (tertiary alicyclic amines) is 1. The first kappa shape index (κ1) is 15.4. The Kier molecular flexibility index (Phi) is 4.83. The number of benzene rings is 1. The fourth-order valence-electron chi connectivity index (χ4n) is 2.67. The normalized spacial score (nSPS) is 19.2. The highest BCUT2D eigenvalue weighted by atomic mass is 16.2. The summed E-state index contributed by atoms with van der Waals surface area (Å²) in [6.45, 7) is 3.15. The molecule has 2 rings (SSSR count). The van der Waals surface area contributed by atoms with E-state index < -0.39 is 6.04 Å². The van der Waals surface area contributed by atoms with Crippen LogP contribution in [0.5, 0.6) is 0 Å². The predicted octanol–water partition coefficient (Wildman–Crippen LogP) is 1.66. The van der Waals surface area contributed by atoms with Crippen LogP contribution in [-0.2, 0) is 4.79 Å². The lowest BCUT2D eigenvalue weighted by molar-refractivity contribution is -0.130. The molecule has 1 fully saturated rings. The van der Waals surface area contributed by atoms with Gasteiger partial charge in [-0.25, -0.2) is 4.79 Å². The lowest BCUT2D eigenvalue weighted by atomic mass is 9.99. The molecule has 114 valence electrons. The summed E-state index contributed by atoms with van der Waals surface area (Å²) in [5.41, 5.74) is 1.27. The van der Waals surface area contributed by atoms with Gasteiger partial charge in [0.2, 0.25) is 5.91 Å². The first-order chi connectivity index (χ1) is 9.99. The number of carbonyl (C=O) groups excluding carboxylic acids is 2. The molecular weight excluding hydrogens is 266 g/mol. The molecule has 0 aliphatic carbocycles. The van der Waals surface area contributed by atoms with Crippen LogP contribution >= 0.6 is 0 Å². The summed E-state index contributed by atoms with van der Waals surface area (Å²) in [5.74, 6) is 0.291. The summed E-state index contributed by atoms with van der Waals surface area (Å²) < 4.78 is 0. The maximum atomic E-state index is 12.2. The van der Waals surface area contributed by atoms with E-state index in [9.17, 15) is 9.59 Å². The summed E-state index contributed by atoms with van der Waals surface area (Å²) in [4.78, 5) is 27.3. The largest absolute Gasteiger partial charge is 0.347 e.